The molecular weight excluding hydrogens is 236 g/mol. The van der Waals surface area contributed by atoms with E-state index in [4.69, 9.17) is 5.26 Å². The van der Waals surface area contributed by atoms with Crippen LogP contribution < -0.4 is 5.32 Å². The molecular formula is C11H12N4OS. The molecule has 0 aliphatic carbocycles. The molecule has 0 bridgehead atoms. The molecule has 0 saturated heterocycles. The Morgan fingerprint density at radius 3 is 3.29 bits per heavy atom. The minimum absolute atomic E-state index is 0.0986. The molecule has 1 N–H and O–H groups in total. The SMILES string of the molecule is CC(CC#N)NC(=O)Cc1cn2ccsc2n1. The minimum Gasteiger partial charge on any atom is -0.352 e. The molecule has 1 atom stereocenters. The highest BCUT2D eigenvalue weighted by Gasteiger charge is 2.10. The number of carbonyl (C=O) groups excluding carboxylic acids is 1. The highest BCUT2D eigenvalue weighted by atomic mass is 32.1. The predicted octanol–water partition coefficient (Wildman–Crippen LogP) is 1.36. The molecule has 0 aliphatic rings. The van der Waals surface area contributed by atoms with Crippen molar-refractivity contribution in [3.05, 3.63) is 23.5 Å². The number of thiazole rings is 1. The summed E-state index contributed by atoms with van der Waals surface area (Å²) in [6, 6.07) is 1.91. The summed E-state index contributed by atoms with van der Waals surface area (Å²) in [5.41, 5.74) is 0.749. The van der Waals surface area contributed by atoms with Crippen LogP contribution in [0.4, 0.5) is 0 Å². The van der Waals surface area contributed by atoms with E-state index in [1.54, 1.807) is 0 Å². The number of nitrogens with one attached hydrogen (secondary N) is 1. The van der Waals surface area contributed by atoms with Crippen LogP contribution in [0.1, 0.15) is 19.0 Å². The number of nitriles is 1. The smallest absolute Gasteiger partial charge is 0.226 e. The van der Waals surface area contributed by atoms with Crippen LogP contribution in [-0.2, 0) is 11.2 Å². The van der Waals surface area contributed by atoms with Crippen molar-refractivity contribution >= 4 is 22.2 Å². The molecule has 6 heteroatoms. The Balaban J connectivity index is 1.95. The summed E-state index contributed by atoms with van der Waals surface area (Å²) in [5.74, 6) is -0.0986. The van der Waals surface area contributed by atoms with Crippen molar-refractivity contribution in [1.29, 1.82) is 5.26 Å². The number of fused-ring (bicyclic) bond motifs is 1. The van der Waals surface area contributed by atoms with Gasteiger partial charge in [-0.2, -0.15) is 5.26 Å². The van der Waals surface area contributed by atoms with Gasteiger partial charge in [-0.05, 0) is 6.92 Å². The van der Waals surface area contributed by atoms with Crippen LogP contribution in [-0.4, -0.2) is 21.3 Å². The molecule has 2 aromatic heterocycles. The van der Waals surface area contributed by atoms with E-state index in [0.29, 0.717) is 6.42 Å². The lowest BCUT2D eigenvalue weighted by Crippen LogP contribution is -2.33. The van der Waals surface area contributed by atoms with Crippen LogP contribution in [0.25, 0.3) is 4.96 Å². The molecule has 88 valence electrons. The van der Waals surface area contributed by atoms with Crippen molar-refractivity contribution in [2.75, 3.05) is 0 Å². The summed E-state index contributed by atoms with van der Waals surface area (Å²) in [6.07, 6.45) is 4.33. The molecule has 2 rings (SSSR count). The van der Waals surface area contributed by atoms with Gasteiger partial charge in [-0.25, -0.2) is 4.98 Å². The van der Waals surface area contributed by atoms with Gasteiger partial charge >= 0.3 is 0 Å². The summed E-state index contributed by atoms with van der Waals surface area (Å²) in [7, 11) is 0. The standard InChI is InChI=1S/C11H12N4OS/c1-8(2-3-12)13-10(16)6-9-7-15-4-5-17-11(15)14-9/h4-5,7-8H,2,6H2,1H3,(H,13,16). The molecule has 0 saturated carbocycles. The lowest BCUT2D eigenvalue weighted by molar-refractivity contribution is -0.121. The van der Waals surface area contributed by atoms with E-state index >= 15 is 0 Å². The summed E-state index contributed by atoms with van der Waals surface area (Å²) < 4.78 is 1.89. The first-order chi connectivity index (χ1) is 8.19. The van der Waals surface area contributed by atoms with Gasteiger partial charge in [0.25, 0.3) is 0 Å². The fraction of sp³-hybridized carbons (Fsp3) is 0.364. The third-order valence-corrected chi connectivity index (χ3v) is 3.06. The fourth-order valence-corrected chi connectivity index (χ4v) is 2.26. The Hall–Kier alpha value is -1.87. The maximum Gasteiger partial charge on any atom is 0.226 e. The van der Waals surface area contributed by atoms with Gasteiger partial charge in [0, 0.05) is 23.8 Å². The van der Waals surface area contributed by atoms with Crippen molar-refractivity contribution in [1.82, 2.24) is 14.7 Å². The summed E-state index contributed by atoms with van der Waals surface area (Å²) in [5, 5.41) is 13.2. The van der Waals surface area contributed by atoms with Gasteiger partial charge in [-0.3, -0.25) is 9.20 Å². The van der Waals surface area contributed by atoms with Gasteiger partial charge < -0.3 is 5.32 Å². The number of hydrogen-bond acceptors (Lipinski definition) is 4. The molecule has 0 aromatic carbocycles. The van der Waals surface area contributed by atoms with E-state index in [1.807, 2.05) is 35.2 Å². The maximum atomic E-state index is 11.6. The molecule has 2 heterocycles. The van der Waals surface area contributed by atoms with Gasteiger partial charge in [-0.1, -0.05) is 0 Å². The quantitative estimate of drug-likeness (QED) is 0.888. The molecule has 0 spiro atoms. The highest BCUT2D eigenvalue weighted by molar-refractivity contribution is 7.15. The highest BCUT2D eigenvalue weighted by Crippen LogP contribution is 2.11. The summed E-state index contributed by atoms with van der Waals surface area (Å²) >= 11 is 1.53. The molecule has 5 nitrogen and oxygen atoms in total. The number of carbonyl (C=O) groups is 1. The number of rotatable bonds is 4. The Bertz CT molecular complexity index is 537. The van der Waals surface area contributed by atoms with E-state index in [0.717, 1.165) is 10.7 Å². The second-order valence-electron chi connectivity index (χ2n) is 3.83. The van der Waals surface area contributed by atoms with Crippen LogP contribution in [0.2, 0.25) is 0 Å². The van der Waals surface area contributed by atoms with Crippen molar-refractivity contribution in [3.63, 3.8) is 0 Å². The molecule has 0 aliphatic heterocycles. The van der Waals surface area contributed by atoms with Gasteiger partial charge in [0.2, 0.25) is 5.91 Å². The first-order valence-corrected chi connectivity index (χ1v) is 6.14. The largest absolute Gasteiger partial charge is 0.352 e. The third kappa shape index (κ3) is 2.82. The first-order valence-electron chi connectivity index (χ1n) is 5.26. The number of imidazole rings is 1. The number of aromatic nitrogens is 2. The molecule has 17 heavy (non-hydrogen) atoms. The van der Waals surface area contributed by atoms with E-state index in [1.165, 1.54) is 11.3 Å². The monoisotopic (exact) mass is 248 g/mol. The average molecular weight is 248 g/mol. The van der Waals surface area contributed by atoms with Crippen LogP contribution in [0.5, 0.6) is 0 Å². The topological polar surface area (TPSA) is 70.2 Å². The first kappa shape index (κ1) is 11.6. The van der Waals surface area contributed by atoms with E-state index in [9.17, 15) is 4.79 Å². The summed E-state index contributed by atoms with van der Waals surface area (Å²) in [4.78, 5) is 16.8. The average Bonchev–Trinajstić information content (AvgIpc) is 2.77. The Morgan fingerprint density at radius 2 is 2.59 bits per heavy atom. The van der Waals surface area contributed by atoms with Crippen LogP contribution in [0, 0.1) is 11.3 Å². The number of amides is 1. The number of nitrogens with zero attached hydrogens (tertiary/aromatic N) is 3. The minimum atomic E-state index is -0.115. The van der Waals surface area contributed by atoms with E-state index in [2.05, 4.69) is 10.3 Å². The molecule has 1 unspecified atom stereocenters. The maximum absolute atomic E-state index is 11.6. The second-order valence-corrected chi connectivity index (χ2v) is 4.71. The van der Waals surface area contributed by atoms with Crippen LogP contribution >= 0.6 is 11.3 Å². The zero-order valence-corrected chi connectivity index (χ0v) is 10.2. The lowest BCUT2D eigenvalue weighted by atomic mass is 10.2. The van der Waals surface area contributed by atoms with Gasteiger partial charge in [0.05, 0.1) is 24.6 Å². The van der Waals surface area contributed by atoms with Gasteiger partial charge in [0.15, 0.2) is 4.96 Å². The second kappa shape index (κ2) is 4.97. The molecule has 2 aromatic rings. The molecule has 0 fully saturated rings. The van der Waals surface area contributed by atoms with Crippen molar-refractivity contribution in [3.8, 4) is 6.07 Å². The summed E-state index contributed by atoms with van der Waals surface area (Å²) in [6.45, 7) is 1.81. The fourth-order valence-electron chi connectivity index (χ4n) is 1.54. The lowest BCUT2D eigenvalue weighted by Gasteiger charge is -2.08. The normalized spacial score (nSPS) is 12.2. The zero-order chi connectivity index (χ0) is 12.3. The third-order valence-electron chi connectivity index (χ3n) is 2.29. The van der Waals surface area contributed by atoms with E-state index in [-0.39, 0.29) is 18.4 Å². The van der Waals surface area contributed by atoms with E-state index < -0.39 is 0 Å². The van der Waals surface area contributed by atoms with Gasteiger partial charge in [0.1, 0.15) is 0 Å². The van der Waals surface area contributed by atoms with Crippen LogP contribution in [0.15, 0.2) is 17.8 Å². The van der Waals surface area contributed by atoms with Gasteiger partial charge in [-0.15, -0.1) is 11.3 Å². The van der Waals surface area contributed by atoms with Crippen molar-refractivity contribution < 1.29 is 4.79 Å². The zero-order valence-electron chi connectivity index (χ0n) is 9.38. The Morgan fingerprint density at radius 1 is 1.76 bits per heavy atom. The van der Waals surface area contributed by atoms with Crippen LogP contribution in [0.3, 0.4) is 0 Å². The Kier molecular flexibility index (Phi) is 3.40. The van der Waals surface area contributed by atoms with Crippen molar-refractivity contribution in [2.24, 2.45) is 0 Å². The molecule has 1 amide bonds. The Labute approximate surface area is 103 Å². The predicted molar refractivity (Wildman–Crippen MR) is 64.6 cm³/mol. The number of hydrogen-bond donors (Lipinski definition) is 1. The molecule has 0 radical (unpaired) electrons. The van der Waals surface area contributed by atoms with Crippen molar-refractivity contribution in [2.45, 2.75) is 25.8 Å².